The van der Waals surface area contributed by atoms with Crippen LogP contribution in [0.2, 0.25) is 0 Å². The number of carbonyl (C=O) groups is 1. The van der Waals surface area contributed by atoms with Crippen molar-refractivity contribution >= 4 is 44.4 Å². The number of anilines is 1. The van der Waals surface area contributed by atoms with Crippen LogP contribution >= 0.6 is 0 Å². The molecule has 0 heterocycles. The SMILES string of the molecule is O=CNc1cccc2ccc3c4ccccc4ccc3c12. The maximum absolute atomic E-state index is 10.9. The zero-order chi connectivity index (χ0) is 14.2. The van der Waals surface area contributed by atoms with Crippen molar-refractivity contribution in [3.05, 3.63) is 66.7 Å². The molecule has 21 heavy (non-hydrogen) atoms. The lowest BCUT2D eigenvalue weighted by atomic mass is 9.96. The van der Waals surface area contributed by atoms with Gasteiger partial charge in [-0.1, -0.05) is 60.7 Å². The highest BCUT2D eigenvalue weighted by atomic mass is 16.1. The number of nitrogens with one attached hydrogen (secondary N) is 1. The number of rotatable bonds is 2. The molecule has 0 aliphatic heterocycles. The van der Waals surface area contributed by atoms with Crippen LogP contribution in [0.1, 0.15) is 0 Å². The Morgan fingerprint density at radius 1 is 0.667 bits per heavy atom. The van der Waals surface area contributed by atoms with Crippen molar-refractivity contribution in [2.45, 2.75) is 0 Å². The second kappa shape index (κ2) is 4.60. The third-order valence-electron chi connectivity index (χ3n) is 3.98. The predicted octanol–water partition coefficient (Wildman–Crippen LogP) is 4.71. The number of carbonyl (C=O) groups excluding carboxylic acids is 1. The van der Waals surface area contributed by atoms with Crippen LogP contribution in [0.25, 0.3) is 32.3 Å². The molecule has 0 saturated carbocycles. The lowest BCUT2D eigenvalue weighted by Gasteiger charge is -2.10. The molecule has 0 atom stereocenters. The average Bonchev–Trinajstić information content (AvgIpc) is 2.54. The van der Waals surface area contributed by atoms with E-state index < -0.39 is 0 Å². The molecule has 0 radical (unpaired) electrons. The summed E-state index contributed by atoms with van der Waals surface area (Å²) in [6, 6.07) is 22.9. The highest BCUT2D eigenvalue weighted by molar-refractivity contribution is 6.21. The minimum absolute atomic E-state index is 0.731. The Morgan fingerprint density at radius 3 is 2.33 bits per heavy atom. The first-order chi connectivity index (χ1) is 10.4. The quantitative estimate of drug-likeness (QED) is 0.415. The molecule has 0 bridgehead atoms. The van der Waals surface area contributed by atoms with Crippen molar-refractivity contribution < 1.29 is 4.79 Å². The van der Waals surface area contributed by atoms with E-state index in [1.807, 2.05) is 12.1 Å². The molecule has 4 rings (SSSR count). The standard InChI is InChI=1S/C19H13NO/c21-12-20-18-7-3-5-14-9-10-16-15-6-2-1-4-13(15)8-11-17(16)19(14)18/h1-12H,(H,20,21). The van der Waals surface area contributed by atoms with Gasteiger partial charge in [0, 0.05) is 11.1 Å². The third kappa shape index (κ3) is 1.77. The molecule has 100 valence electrons. The highest BCUT2D eigenvalue weighted by Gasteiger charge is 2.07. The fraction of sp³-hybridized carbons (Fsp3) is 0. The summed E-state index contributed by atoms with van der Waals surface area (Å²) in [5.74, 6) is 0. The van der Waals surface area contributed by atoms with Gasteiger partial charge in [0.15, 0.2) is 0 Å². The molecule has 0 spiro atoms. The van der Waals surface area contributed by atoms with Crippen molar-refractivity contribution in [1.82, 2.24) is 0 Å². The topological polar surface area (TPSA) is 29.1 Å². The van der Waals surface area contributed by atoms with Crippen LogP contribution in [0.5, 0.6) is 0 Å². The van der Waals surface area contributed by atoms with Gasteiger partial charge in [0.05, 0.1) is 0 Å². The van der Waals surface area contributed by atoms with E-state index in [0.717, 1.165) is 28.3 Å². The predicted molar refractivity (Wildman–Crippen MR) is 88.6 cm³/mol. The van der Waals surface area contributed by atoms with Gasteiger partial charge in [0.25, 0.3) is 0 Å². The van der Waals surface area contributed by atoms with Crippen LogP contribution in [0.15, 0.2) is 66.7 Å². The Bertz CT molecular complexity index is 988. The minimum atomic E-state index is 0.731. The monoisotopic (exact) mass is 271 g/mol. The van der Waals surface area contributed by atoms with E-state index in [1.54, 1.807) is 0 Å². The minimum Gasteiger partial charge on any atom is -0.328 e. The van der Waals surface area contributed by atoms with Gasteiger partial charge >= 0.3 is 0 Å². The van der Waals surface area contributed by atoms with Gasteiger partial charge in [-0.05, 0) is 33.0 Å². The van der Waals surface area contributed by atoms with Gasteiger partial charge in [-0.3, -0.25) is 4.79 Å². The van der Waals surface area contributed by atoms with E-state index in [4.69, 9.17) is 0 Å². The largest absolute Gasteiger partial charge is 0.328 e. The van der Waals surface area contributed by atoms with E-state index >= 15 is 0 Å². The molecule has 4 aromatic rings. The number of hydrogen-bond acceptors (Lipinski definition) is 1. The smallest absolute Gasteiger partial charge is 0.211 e. The maximum atomic E-state index is 10.9. The zero-order valence-electron chi connectivity index (χ0n) is 11.3. The van der Waals surface area contributed by atoms with Gasteiger partial charge in [-0.15, -0.1) is 0 Å². The Hall–Kier alpha value is -2.87. The summed E-state index contributed by atoms with van der Waals surface area (Å²) in [7, 11) is 0. The second-order valence-corrected chi connectivity index (χ2v) is 5.11. The Morgan fingerprint density at radius 2 is 1.43 bits per heavy atom. The lowest BCUT2D eigenvalue weighted by Crippen LogP contribution is -1.95. The number of hydrogen-bond donors (Lipinski definition) is 1. The third-order valence-corrected chi connectivity index (χ3v) is 3.98. The molecule has 0 aromatic heterocycles. The molecular formula is C19H13NO. The van der Waals surface area contributed by atoms with Gasteiger partial charge in [0.1, 0.15) is 0 Å². The maximum Gasteiger partial charge on any atom is 0.211 e. The summed E-state index contributed by atoms with van der Waals surface area (Å²) in [5.41, 5.74) is 0.850. The summed E-state index contributed by atoms with van der Waals surface area (Å²) < 4.78 is 0. The summed E-state index contributed by atoms with van der Waals surface area (Å²) in [6.45, 7) is 0. The summed E-state index contributed by atoms with van der Waals surface area (Å²) >= 11 is 0. The van der Waals surface area contributed by atoms with Crippen LogP contribution in [0, 0.1) is 0 Å². The lowest BCUT2D eigenvalue weighted by molar-refractivity contribution is -0.105. The van der Waals surface area contributed by atoms with Crippen LogP contribution in [-0.2, 0) is 4.79 Å². The van der Waals surface area contributed by atoms with Crippen molar-refractivity contribution in [3.8, 4) is 0 Å². The molecule has 4 aromatic carbocycles. The summed E-state index contributed by atoms with van der Waals surface area (Å²) in [4.78, 5) is 10.9. The second-order valence-electron chi connectivity index (χ2n) is 5.11. The first-order valence-corrected chi connectivity index (χ1v) is 6.92. The van der Waals surface area contributed by atoms with E-state index in [9.17, 15) is 4.79 Å². The van der Waals surface area contributed by atoms with Gasteiger partial charge < -0.3 is 5.32 Å². The van der Waals surface area contributed by atoms with E-state index in [2.05, 4.69) is 59.9 Å². The molecule has 1 amide bonds. The molecule has 1 N–H and O–H groups in total. The van der Waals surface area contributed by atoms with Crippen molar-refractivity contribution in [2.75, 3.05) is 5.32 Å². The van der Waals surface area contributed by atoms with Gasteiger partial charge in [-0.25, -0.2) is 0 Å². The van der Waals surface area contributed by atoms with E-state index in [-0.39, 0.29) is 0 Å². The molecule has 0 aliphatic rings. The van der Waals surface area contributed by atoms with Gasteiger partial charge in [-0.2, -0.15) is 0 Å². The summed E-state index contributed by atoms with van der Waals surface area (Å²) in [5, 5.41) is 9.86. The van der Waals surface area contributed by atoms with Crippen LogP contribution in [0.3, 0.4) is 0 Å². The van der Waals surface area contributed by atoms with Crippen molar-refractivity contribution in [2.24, 2.45) is 0 Å². The van der Waals surface area contributed by atoms with Gasteiger partial charge in [0.2, 0.25) is 6.41 Å². The van der Waals surface area contributed by atoms with E-state index in [0.29, 0.717) is 0 Å². The fourth-order valence-corrected chi connectivity index (χ4v) is 3.06. The molecule has 0 aliphatic carbocycles. The first kappa shape index (κ1) is 11.9. The van der Waals surface area contributed by atoms with Crippen molar-refractivity contribution in [1.29, 1.82) is 0 Å². The zero-order valence-corrected chi connectivity index (χ0v) is 11.3. The Labute approximate surface area is 122 Å². The number of fused-ring (bicyclic) bond motifs is 5. The highest BCUT2D eigenvalue weighted by Crippen LogP contribution is 2.34. The average molecular weight is 271 g/mol. The normalized spacial score (nSPS) is 11.0. The van der Waals surface area contributed by atoms with Crippen LogP contribution in [-0.4, -0.2) is 6.41 Å². The fourth-order valence-electron chi connectivity index (χ4n) is 3.06. The Balaban J connectivity index is 2.23. The van der Waals surface area contributed by atoms with Crippen molar-refractivity contribution in [3.63, 3.8) is 0 Å². The first-order valence-electron chi connectivity index (χ1n) is 6.92. The van der Waals surface area contributed by atoms with Crippen LogP contribution < -0.4 is 5.32 Å². The molecule has 0 fully saturated rings. The molecule has 2 heteroatoms. The molecule has 0 saturated heterocycles. The number of benzene rings is 4. The summed E-state index contributed by atoms with van der Waals surface area (Å²) in [6.07, 6.45) is 0.731. The molecule has 0 unspecified atom stereocenters. The van der Waals surface area contributed by atoms with E-state index in [1.165, 1.54) is 16.2 Å². The Kier molecular flexibility index (Phi) is 2.61. The number of amides is 1. The molecule has 2 nitrogen and oxygen atoms in total. The van der Waals surface area contributed by atoms with Crippen LogP contribution in [0.4, 0.5) is 5.69 Å². The molecular weight excluding hydrogens is 258 g/mol.